The summed E-state index contributed by atoms with van der Waals surface area (Å²) in [5, 5.41) is 10.9. The van der Waals surface area contributed by atoms with Gasteiger partial charge in [0, 0.05) is 24.3 Å². The number of ether oxygens (including phenoxy) is 6. The Morgan fingerprint density at radius 2 is 1.94 bits per heavy atom. The van der Waals surface area contributed by atoms with E-state index in [1.54, 1.807) is 12.2 Å². The number of allylic oxidation sites excluding steroid dienone is 3. The smallest absolute Gasteiger partial charge is 0.338 e. The monoisotopic (exact) mass is 500 g/mol. The van der Waals surface area contributed by atoms with Gasteiger partial charge in [0.25, 0.3) is 0 Å². The molecule has 5 fully saturated rings. The maximum absolute atomic E-state index is 13.3. The summed E-state index contributed by atoms with van der Waals surface area (Å²) in [5.41, 5.74) is -1.63. The van der Waals surface area contributed by atoms with E-state index < -0.39 is 52.3 Å². The number of esters is 2. The summed E-state index contributed by atoms with van der Waals surface area (Å²) >= 11 is 0. The first-order valence-electron chi connectivity index (χ1n) is 13.0. The van der Waals surface area contributed by atoms with Gasteiger partial charge in [-0.05, 0) is 32.3 Å². The molecule has 3 spiro atoms. The van der Waals surface area contributed by atoms with E-state index in [0.717, 1.165) is 6.42 Å². The van der Waals surface area contributed by atoms with Crippen molar-refractivity contribution in [1.29, 1.82) is 0 Å². The van der Waals surface area contributed by atoms with Crippen molar-refractivity contribution >= 4 is 11.9 Å². The number of fused-ring (bicyclic) bond motifs is 1. The van der Waals surface area contributed by atoms with Crippen LogP contribution >= 0.6 is 0 Å². The summed E-state index contributed by atoms with van der Waals surface area (Å²) in [6.07, 6.45) is 6.90. The van der Waals surface area contributed by atoms with Gasteiger partial charge >= 0.3 is 11.9 Å². The Balaban J connectivity index is 1.30. The molecular formula is C27H32O9. The molecule has 0 amide bonds. The molecule has 9 atom stereocenters. The molecule has 4 unspecified atom stereocenters. The van der Waals surface area contributed by atoms with E-state index in [1.807, 2.05) is 0 Å². The van der Waals surface area contributed by atoms with Crippen LogP contribution in [-0.4, -0.2) is 78.6 Å². The number of epoxide rings is 2. The second-order valence-corrected chi connectivity index (χ2v) is 11.6. The highest BCUT2D eigenvalue weighted by molar-refractivity contribution is 5.82. The van der Waals surface area contributed by atoms with Crippen molar-refractivity contribution in [3.63, 3.8) is 0 Å². The summed E-state index contributed by atoms with van der Waals surface area (Å²) in [5.74, 6) is -0.588. The van der Waals surface area contributed by atoms with Gasteiger partial charge in [0.15, 0.2) is 6.10 Å². The highest BCUT2D eigenvalue weighted by atomic mass is 16.7. The predicted molar refractivity (Wildman–Crippen MR) is 122 cm³/mol. The van der Waals surface area contributed by atoms with Gasteiger partial charge in [-0.2, -0.15) is 0 Å². The molecule has 2 aliphatic carbocycles. The van der Waals surface area contributed by atoms with Crippen LogP contribution < -0.4 is 0 Å². The van der Waals surface area contributed by atoms with Crippen molar-refractivity contribution in [3.05, 3.63) is 35.6 Å². The van der Waals surface area contributed by atoms with Crippen molar-refractivity contribution in [2.24, 2.45) is 10.8 Å². The zero-order chi connectivity index (χ0) is 24.9. The fourth-order valence-corrected chi connectivity index (χ4v) is 7.72. The third-order valence-electron chi connectivity index (χ3n) is 10.1. The van der Waals surface area contributed by atoms with E-state index in [9.17, 15) is 14.7 Å². The molecule has 7 rings (SSSR count). The third-order valence-corrected chi connectivity index (χ3v) is 10.1. The van der Waals surface area contributed by atoms with Crippen molar-refractivity contribution in [2.75, 3.05) is 19.8 Å². The topological polar surface area (TPSA) is 116 Å². The molecule has 1 N–H and O–H groups in total. The quantitative estimate of drug-likeness (QED) is 0.302. The lowest BCUT2D eigenvalue weighted by atomic mass is 9.51. The van der Waals surface area contributed by atoms with Crippen LogP contribution in [0, 0.1) is 10.8 Å². The zero-order valence-electron chi connectivity index (χ0n) is 20.6. The Kier molecular flexibility index (Phi) is 4.74. The largest absolute Gasteiger partial charge is 0.495 e. The van der Waals surface area contributed by atoms with Crippen LogP contribution in [0.3, 0.4) is 0 Å². The normalized spacial score (nSPS) is 51.1. The van der Waals surface area contributed by atoms with E-state index in [4.69, 9.17) is 28.4 Å². The fourth-order valence-electron chi connectivity index (χ4n) is 7.72. The molecule has 4 bridgehead atoms. The van der Waals surface area contributed by atoms with Gasteiger partial charge < -0.3 is 33.5 Å². The molecule has 194 valence electrons. The molecular weight excluding hydrogens is 468 g/mol. The minimum atomic E-state index is -1.08. The molecule has 1 saturated carbocycles. The highest BCUT2D eigenvalue weighted by Gasteiger charge is 2.83. The number of carbonyl (C=O) groups is 2. The van der Waals surface area contributed by atoms with Gasteiger partial charge in [-0.15, -0.1) is 0 Å². The van der Waals surface area contributed by atoms with Crippen LogP contribution in [0.2, 0.25) is 0 Å². The van der Waals surface area contributed by atoms with Crippen LogP contribution in [0.5, 0.6) is 0 Å². The van der Waals surface area contributed by atoms with Gasteiger partial charge in [-0.1, -0.05) is 24.6 Å². The maximum atomic E-state index is 13.3. The molecule has 9 nitrogen and oxygen atoms in total. The first-order chi connectivity index (χ1) is 17.3. The number of hydrogen-bond donors (Lipinski definition) is 1. The second kappa shape index (κ2) is 7.43. The molecule has 0 aromatic carbocycles. The number of aliphatic hydroxyl groups excluding tert-OH is 1. The summed E-state index contributed by atoms with van der Waals surface area (Å²) in [4.78, 5) is 26.2. The number of aliphatic hydroxyl groups is 1. The first kappa shape index (κ1) is 23.0. The van der Waals surface area contributed by atoms with Gasteiger partial charge in [0.2, 0.25) is 0 Å². The second-order valence-electron chi connectivity index (χ2n) is 11.6. The Bertz CT molecular complexity index is 1100. The van der Waals surface area contributed by atoms with Crippen molar-refractivity contribution in [1.82, 2.24) is 0 Å². The number of rotatable bonds is 0. The van der Waals surface area contributed by atoms with E-state index >= 15 is 0 Å². The number of hydrogen-bond acceptors (Lipinski definition) is 9. The maximum Gasteiger partial charge on any atom is 0.338 e. The van der Waals surface area contributed by atoms with E-state index in [1.165, 1.54) is 11.6 Å². The van der Waals surface area contributed by atoms with E-state index in [0.29, 0.717) is 44.7 Å². The van der Waals surface area contributed by atoms with Gasteiger partial charge in [-0.25, -0.2) is 9.59 Å². The van der Waals surface area contributed by atoms with E-state index in [-0.39, 0.29) is 18.8 Å². The third kappa shape index (κ3) is 2.80. The van der Waals surface area contributed by atoms with E-state index in [2.05, 4.69) is 19.9 Å². The molecule has 0 aromatic heterocycles. The van der Waals surface area contributed by atoms with Crippen LogP contribution in [0.25, 0.3) is 0 Å². The first-order valence-corrected chi connectivity index (χ1v) is 13.0. The van der Waals surface area contributed by atoms with Crippen molar-refractivity contribution in [3.8, 4) is 0 Å². The average Bonchev–Trinajstić information content (AvgIpc) is 3.76. The standard InChI is InChI=1S/C27H32O9/c1-15-7-8-25-13-32-23(30)22-26(36-22)9-10-31-16(21(26)29)5-3-4-6-20(28)35-17-12-19(34-18(25)11-15)27(14-33-27)24(17,25)2/h4-6,11,17-19,21-22,29H,3,7-10,12-14H2,1-2H3/t17-,18?,19?,21?,22-,24-,25-,26-,27?/m1/s1. The van der Waals surface area contributed by atoms with Gasteiger partial charge in [0.05, 0.1) is 30.8 Å². The number of carbonyl (C=O) groups excluding carboxylic acids is 2. The van der Waals surface area contributed by atoms with Crippen molar-refractivity contribution in [2.45, 2.75) is 87.7 Å². The molecule has 5 heterocycles. The molecule has 0 aromatic rings. The van der Waals surface area contributed by atoms with Crippen LogP contribution in [-0.2, 0) is 38.0 Å². The summed E-state index contributed by atoms with van der Waals surface area (Å²) in [7, 11) is 0. The Hall–Kier alpha value is -2.20. The lowest BCUT2D eigenvalue weighted by Gasteiger charge is -2.58. The van der Waals surface area contributed by atoms with Crippen molar-refractivity contribution < 1.29 is 43.1 Å². The highest BCUT2D eigenvalue weighted by Crippen LogP contribution is 2.72. The molecule has 4 saturated heterocycles. The molecule has 7 aliphatic rings. The van der Waals surface area contributed by atoms with Crippen LogP contribution in [0.15, 0.2) is 35.6 Å². The molecule has 9 heteroatoms. The summed E-state index contributed by atoms with van der Waals surface area (Å²) < 4.78 is 36.3. The molecule has 0 radical (unpaired) electrons. The fraction of sp³-hybridized carbons (Fsp3) is 0.704. The summed E-state index contributed by atoms with van der Waals surface area (Å²) in [6, 6.07) is 0. The lowest BCUT2D eigenvalue weighted by Crippen LogP contribution is -2.66. The Morgan fingerprint density at radius 1 is 1.11 bits per heavy atom. The summed E-state index contributed by atoms with van der Waals surface area (Å²) in [6.45, 7) is 5.14. The Morgan fingerprint density at radius 3 is 2.75 bits per heavy atom. The van der Waals surface area contributed by atoms with Crippen LogP contribution in [0.4, 0.5) is 0 Å². The van der Waals surface area contributed by atoms with Gasteiger partial charge in [-0.3, -0.25) is 0 Å². The molecule has 36 heavy (non-hydrogen) atoms. The zero-order valence-corrected chi connectivity index (χ0v) is 20.6. The average molecular weight is 501 g/mol. The molecule has 5 aliphatic heterocycles. The predicted octanol–water partition coefficient (Wildman–Crippen LogP) is 1.88. The van der Waals surface area contributed by atoms with Gasteiger partial charge in [0.1, 0.15) is 35.8 Å². The lowest BCUT2D eigenvalue weighted by molar-refractivity contribution is -0.233. The number of cyclic esters (lactones) is 1. The SMILES string of the molecule is CC1=CC2OC3C[C@H]4OC(=O)C=CCC=C5OCC[C@@]6(O[C@@H]6C(=O)OC[C@@]2(CC1)[C@]4(C)C31CO1)C5O. The minimum absolute atomic E-state index is 0.0870. The Labute approximate surface area is 209 Å². The minimum Gasteiger partial charge on any atom is -0.495 e. The van der Waals surface area contributed by atoms with Crippen LogP contribution in [0.1, 0.15) is 46.0 Å².